The van der Waals surface area contributed by atoms with Crippen molar-refractivity contribution in [3.63, 3.8) is 0 Å². The van der Waals surface area contributed by atoms with Gasteiger partial charge in [-0.1, -0.05) is 0 Å². The van der Waals surface area contributed by atoms with E-state index in [1.54, 1.807) is 6.92 Å². The molecule has 0 aromatic carbocycles. The van der Waals surface area contributed by atoms with Gasteiger partial charge in [0.15, 0.2) is 0 Å². The summed E-state index contributed by atoms with van der Waals surface area (Å²) in [5.74, 6) is -1.10. The fourth-order valence-corrected chi connectivity index (χ4v) is 1.95. The Labute approximate surface area is 94.6 Å². The van der Waals surface area contributed by atoms with E-state index in [-0.39, 0.29) is 23.9 Å². The third-order valence-electron chi connectivity index (χ3n) is 3.37. The van der Waals surface area contributed by atoms with Gasteiger partial charge >= 0.3 is 5.97 Å². The van der Waals surface area contributed by atoms with Crippen LogP contribution < -0.4 is 10.6 Å². The normalized spacial score (nSPS) is 30.3. The highest BCUT2D eigenvalue weighted by Gasteiger charge is 2.38. The highest BCUT2D eigenvalue weighted by Crippen LogP contribution is 2.28. The van der Waals surface area contributed by atoms with Crippen LogP contribution in [-0.2, 0) is 9.59 Å². The maximum absolute atomic E-state index is 11.6. The van der Waals surface area contributed by atoms with Gasteiger partial charge in [-0.25, -0.2) is 0 Å². The average molecular weight is 226 g/mol. The zero-order valence-corrected chi connectivity index (χ0v) is 9.40. The molecule has 0 radical (unpaired) electrons. The number of hydrogen-bond acceptors (Lipinski definition) is 3. The van der Waals surface area contributed by atoms with Crippen molar-refractivity contribution >= 4 is 11.9 Å². The van der Waals surface area contributed by atoms with Crippen molar-refractivity contribution in [1.29, 1.82) is 0 Å². The van der Waals surface area contributed by atoms with Crippen LogP contribution >= 0.6 is 0 Å². The van der Waals surface area contributed by atoms with Crippen molar-refractivity contribution in [2.75, 3.05) is 0 Å². The van der Waals surface area contributed by atoms with Gasteiger partial charge in [0.25, 0.3) is 0 Å². The fraction of sp³-hybridized carbons (Fsp3) is 0.818. The second-order valence-electron chi connectivity index (χ2n) is 4.80. The lowest BCUT2D eigenvalue weighted by atomic mass is 9.79. The van der Waals surface area contributed by atoms with Crippen LogP contribution in [0.25, 0.3) is 0 Å². The van der Waals surface area contributed by atoms with Gasteiger partial charge in [0.2, 0.25) is 5.91 Å². The zero-order valence-electron chi connectivity index (χ0n) is 9.40. The molecule has 3 unspecified atom stereocenters. The largest absolute Gasteiger partial charge is 0.481 e. The van der Waals surface area contributed by atoms with Crippen molar-refractivity contribution in [2.45, 2.75) is 50.7 Å². The first-order chi connectivity index (χ1) is 7.58. The molecule has 90 valence electrons. The van der Waals surface area contributed by atoms with E-state index in [2.05, 4.69) is 10.6 Å². The Kier molecular flexibility index (Phi) is 3.14. The lowest BCUT2D eigenvalue weighted by molar-refractivity contribution is -0.146. The first-order valence-corrected chi connectivity index (χ1v) is 5.87. The van der Waals surface area contributed by atoms with Crippen LogP contribution in [-0.4, -0.2) is 35.1 Å². The van der Waals surface area contributed by atoms with E-state index in [0.29, 0.717) is 12.5 Å². The van der Waals surface area contributed by atoms with Crippen LogP contribution in [0.15, 0.2) is 0 Å². The zero-order chi connectivity index (χ0) is 11.7. The number of nitrogens with one attached hydrogen (secondary N) is 2. The number of carboxylic acid groups (broad SMARTS) is 1. The summed E-state index contributed by atoms with van der Waals surface area (Å²) in [6.45, 7) is 1.79. The van der Waals surface area contributed by atoms with E-state index in [9.17, 15) is 9.59 Å². The van der Waals surface area contributed by atoms with Gasteiger partial charge in [0.1, 0.15) is 0 Å². The number of hydrogen-bond donors (Lipinski definition) is 3. The smallest absolute Gasteiger partial charge is 0.308 e. The maximum atomic E-state index is 11.6. The third kappa shape index (κ3) is 2.52. The Bertz CT molecular complexity index is 302. The molecule has 5 nitrogen and oxygen atoms in total. The predicted molar refractivity (Wildman–Crippen MR) is 57.9 cm³/mol. The maximum Gasteiger partial charge on any atom is 0.308 e. The average Bonchev–Trinajstić information content (AvgIpc) is 2.94. The van der Waals surface area contributed by atoms with E-state index < -0.39 is 5.97 Å². The van der Waals surface area contributed by atoms with E-state index in [0.717, 1.165) is 19.3 Å². The summed E-state index contributed by atoms with van der Waals surface area (Å²) in [7, 11) is 0. The lowest BCUT2D eigenvalue weighted by Crippen LogP contribution is -2.54. The highest BCUT2D eigenvalue weighted by atomic mass is 16.4. The molecular weight excluding hydrogens is 208 g/mol. The summed E-state index contributed by atoms with van der Waals surface area (Å²) < 4.78 is 0. The number of carbonyl (C=O) groups is 2. The first kappa shape index (κ1) is 11.4. The summed E-state index contributed by atoms with van der Waals surface area (Å²) in [6.07, 6.45) is 3.70. The van der Waals surface area contributed by atoms with Gasteiger partial charge in [-0.2, -0.15) is 0 Å². The molecule has 2 saturated carbocycles. The minimum Gasteiger partial charge on any atom is -0.481 e. The van der Waals surface area contributed by atoms with Crippen LogP contribution in [0.3, 0.4) is 0 Å². The van der Waals surface area contributed by atoms with Crippen LogP contribution in [0.1, 0.15) is 32.6 Å². The quantitative estimate of drug-likeness (QED) is 0.621. The van der Waals surface area contributed by atoms with Crippen LogP contribution in [0, 0.1) is 5.92 Å². The van der Waals surface area contributed by atoms with E-state index in [4.69, 9.17) is 5.11 Å². The molecule has 0 aromatic rings. The monoisotopic (exact) mass is 226 g/mol. The number of carboxylic acids is 1. The van der Waals surface area contributed by atoms with Crippen LogP contribution in [0.4, 0.5) is 0 Å². The summed E-state index contributed by atoms with van der Waals surface area (Å²) in [5, 5.41) is 14.9. The van der Waals surface area contributed by atoms with Gasteiger partial charge in [-0.3, -0.25) is 9.59 Å². The van der Waals surface area contributed by atoms with E-state index in [1.165, 1.54) is 0 Å². The Morgan fingerprint density at radius 1 is 1.25 bits per heavy atom. The van der Waals surface area contributed by atoms with Gasteiger partial charge in [-0.15, -0.1) is 0 Å². The second-order valence-corrected chi connectivity index (χ2v) is 4.80. The van der Waals surface area contributed by atoms with Gasteiger partial charge < -0.3 is 15.7 Å². The molecule has 0 saturated heterocycles. The molecule has 0 bridgehead atoms. The molecule has 0 aromatic heterocycles. The summed E-state index contributed by atoms with van der Waals surface area (Å²) >= 11 is 0. The van der Waals surface area contributed by atoms with E-state index in [1.807, 2.05) is 0 Å². The van der Waals surface area contributed by atoms with Gasteiger partial charge in [-0.05, 0) is 32.6 Å². The molecule has 0 heterocycles. The minimum atomic E-state index is -0.765. The van der Waals surface area contributed by atoms with Crippen molar-refractivity contribution < 1.29 is 14.7 Å². The van der Waals surface area contributed by atoms with Crippen molar-refractivity contribution in [2.24, 2.45) is 5.92 Å². The Hall–Kier alpha value is -1.10. The number of amides is 1. The van der Waals surface area contributed by atoms with E-state index >= 15 is 0 Å². The molecule has 5 heteroatoms. The first-order valence-electron chi connectivity index (χ1n) is 5.87. The third-order valence-corrected chi connectivity index (χ3v) is 3.37. The number of rotatable bonds is 5. The number of carbonyl (C=O) groups excluding carboxylic acids is 1. The molecule has 3 atom stereocenters. The highest BCUT2D eigenvalue weighted by molar-refractivity contribution is 5.82. The lowest BCUT2D eigenvalue weighted by Gasteiger charge is -2.35. The molecule has 2 fully saturated rings. The van der Waals surface area contributed by atoms with Crippen LogP contribution in [0.2, 0.25) is 0 Å². The Morgan fingerprint density at radius 2 is 1.94 bits per heavy atom. The molecule has 3 N–H and O–H groups in total. The molecule has 0 spiro atoms. The molecule has 2 aliphatic rings. The molecular formula is C11H18N2O3. The van der Waals surface area contributed by atoms with Crippen molar-refractivity contribution in [1.82, 2.24) is 10.6 Å². The second kappa shape index (κ2) is 4.41. The van der Waals surface area contributed by atoms with Gasteiger partial charge in [0, 0.05) is 12.1 Å². The Morgan fingerprint density at radius 3 is 2.38 bits per heavy atom. The Balaban J connectivity index is 1.75. The predicted octanol–water partition coefficient (Wildman–Crippen LogP) is 0.106. The fourth-order valence-electron chi connectivity index (χ4n) is 1.95. The molecule has 2 aliphatic carbocycles. The SMILES string of the molecule is CC(NC1CCC1C(=O)O)C(=O)NC1CC1. The summed E-state index contributed by atoms with van der Waals surface area (Å²) in [4.78, 5) is 22.4. The minimum absolute atomic E-state index is 0.0152. The molecule has 16 heavy (non-hydrogen) atoms. The topological polar surface area (TPSA) is 78.4 Å². The number of aliphatic carboxylic acids is 1. The summed E-state index contributed by atoms with van der Waals surface area (Å²) in [6, 6.07) is 0.0126. The van der Waals surface area contributed by atoms with Crippen molar-refractivity contribution in [3.05, 3.63) is 0 Å². The molecule has 2 rings (SSSR count). The van der Waals surface area contributed by atoms with Crippen LogP contribution in [0.5, 0.6) is 0 Å². The molecule has 0 aliphatic heterocycles. The van der Waals surface area contributed by atoms with Crippen molar-refractivity contribution in [3.8, 4) is 0 Å². The standard InChI is InChI=1S/C11H18N2O3/c1-6(10(14)13-7-2-3-7)12-9-5-4-8(9)11(15)16/h6-9,12H,2-5H2,1H3,(H,13,14)(H,15,16). The molecule has 1 amide bonds. The van der Waals surface area contributed by atoms with Gasteiger partial charge in [0.05, 0.1) is 12.0 Å². The summed E-state index contributed by atoms with van der Waals surface area (Å²) in [5.41, 5.74) is 0.